The standard InChI is InChI=1S/C31H44BrN3O2/c1-7-33-19-11-20-34(6)21-12-22-35(23-25(4)37-24(2)3)30(27-15-17-29(32)18-16-27)26(5)31(36)28-13-9-8-10-14-28/h7-11,13-19,24-26,30H,12,20-23H2,1-6H3/b19-11-,33-7?. The van der Waals surface area contributed by atoms with Crippen molar-refractivity contribution in [1.82, 2.24) is 9.80 Å². The van der Waals surface area contributed by atoms with Crippen molar-refractivity contribution in [2.24, 2.45) is 10.9 Å². The van der Waals surface area contributed by atoms with E-state index in [1.807, 2.05) is 43.5 Å². The van der Waals surface area contributed by atoms with Crippen molar-refractivity contribution in [2.75, 3.05) is 33.2 Å². The van der Waals surface area contributed by atoms with Gasteiger partial charge >= 0.3 is 0 Å². The van der Waals surface area contributed by atoms with Crippen LogP contribution in [0, 0.1) is 5.92 Å². The van der Waals surface area contributed by atoms with E-state index in [9.17, 15) is 4.79 Å². The van der Waals surface area contributed by atoms with Crippen molar-refractivity contribution in [3.63, 3.8) is 0 Å². The fourth-order valence-electron chi connectivity index (χ4n) is 4.68. The number of hydrogen-bond donors (Lipinski definition) is 0. The summed E-state index contributed by atoms with van der Waals surface area (Å²) in [5, 5.41) is 0. The first-order valence-electron chi connectivity index (χ1n) is 13.3. The molecule has 0 heterocycles. The van der Waals surface area contributed by atoms with Gasteiger partial charge in [0.25, 0.3) is 0 Å². The Balaban J connectivity index is 2.31. The fraction of sp³-hybridized carbons (Fsp3) is 0.484. The Morgan fingerprint density at radius 1 is 1.03 bits per heavy atom. The third-order valence-corrected chi connectivity index (χ3v) is 6.82. The monoisotopic (exact) mass is 569 g/mol. The maximum absolute atomic E-state index is 13.7. The molecule has 0 radical (unpaired) electrons. The van der Waals surface area contributed by atoms with Crippen LogP contribution >= 0.6 is 15.9 Å². The van der Waals surface area contributed by atoms with E-state index >= 15 is 0 Å². The van der Waals surface area contributed by atoms with Crippen molar-refractivity contribution >= 4 is 27.9 Å². The largest absolute Gasteiger partial charge is 0.375 e. The van der Waals surface area contributed by atoms with E-state index in [-0.39, 0.29) is 30.0 Å². The number of ketones is 1. The number of nitrogens with zero attached hydrogens (tertiary/aromatic N) is 3. The van der Waals surface area contributed by atoms with Crippen molar-refractivity contribution in [1.29, 1.82) is 0 Å². The molecular weight excluding hydrogens is 526 g/mol. The normalized spacial score (nSPS) is 14.8. The van der Waals surface area contributed by atoms with Crippen LogP contribution in [0.1, 0.15) is 63.0 Å². The van der Waals surface area contributed by atoms with Crippen LogP contribution in [0.5, 0.6) is 0 Å². The highest BCUT2D eigenvalue weighted by molar-refractivity contribution is 9.10. The number of carbonyl (C=O) groups excluding carboxylic acids is 1. The fourth-order valence-corrected chi connectivity index (χ4v) is 4.94. The van der Waals surface area contributed by atoms with E-state index < -0.39 is 0 Å². The number of likely N-dealkylation sites (N-methyl/N-ethyl adjacent to an activating group) is 1. The van der Waals surface area contributed by atoms with Crippen molar-refractivity contribution in [3.05, 3.63) is 82.5 Å². The highest BCUT2D eigenvalue weighted by Crippen LogP contribution is 2.33. The van der Waals surface area contributed by atoms with Gasteiger partial charge in [0.05, 0.1) is 12.2 Å². The molecule has 6 heteroatoms. The number of aliphatic imine (C=N–C) groups is 1. The zero-order valence-corrected chi connectivity index (χ0v) is 24.9. The zero-order valence-electron chi connectivity index (χ0n) is 23.3. The summed E-state index contributed by atoms with van der Waals surface area (Å²) in [6.45, 7) is 13.7. The second-order valence-corrected chi connectivity index (χ2v) is 10.8. The minimum absolute atomic E-state index is 0.0459. The molecular formula is C31H44BrN3O2. The molecule has 37 heavy (non-hydrogen) atoms. The lowest BCUT2D eigenvalue weighted by atomic mass is 9.86. The highest BCUT2D eigenvalue weighted by Gasteiger charge is 2.32. The van der Waals surface area contributed by atoms with E-state index in [1.54, 1.807) is 6.21 Å². The van der Waals surface area contributed by atoms with Crippen LogP contribution in [-0.4, -0.2) is 67.2 Å². The minimum Gasteiger partial charge on any atom is -0.375 e. The van der Waals surface area contributed by atoms with Crippen LogP contribution in [-0.2, 0) is 4.74 Å². The van der Waals surface area contributed by atoms with Crippen LogP contribution < -0.4 is 0 Å². The van der Waals surface area contributed by atoms with Gasteiger partial charge in [0.1, 0.15) is 0 Å². The maximum Gasteiger partial charge on any atom is 0.167 e. The average Bonchev–Trinajstić information content (AvgIpc) is 2.87. The lowest BCUT2D eigenvalue weighted by Gasteiger charge is -2.38. The molecule has 0 bridgehead atoms. The van der Waals surface area contributed by atoms with Gasteiger partial charge in [0, 0.05) is 54.0 Å². The van der Waals surface area contributed by atoms with Gasteiger partial charge < -0.3 is 9.64 Å². The lowest BCUT2D eigenvalue weighted by Crippen LogP contribution is -2.42. The average molecular weight is 571 g/mol. The molecule has 0 saturated heterocycles. The van der Waals surface area contributed by atoms with Gasteiger partial charge in [-0.15, -0.1) is 0 Å². The van der Waals surface area contributed by atoms with E-state index in [2.05, 4.69) is 95.8 Å². The minimum atomic E-state index is -0.220. The third kappa shape index (κ3) is 11.0. The molecule has 0 aliphatic heterocycles. The summed E-state index contributed by atoms with van der Waals surface area (Å²) in [5.74, 6) is -0.0583. The zero-order chi connectivity index (χ0) is 27.2. The van der Waals surface area contributed by atoms with Crippen LogP contribution in [0.25, 0.3) is 0 Å². The summed E-state index contributed by atoms with van der Waals surface area (Å²) in [4.78, 5) is 22.5. The number of hydrogen-bond acceptors (Lipinski definition) is 5. The molecule has 202 valence electrons. The summed E-state index contributed by atoms with van der Waals surface area (Å²) in [6, 6.07) is 18.0. The number of carbonyl (C=O) groups is 1. The van der Waals surface area contributed by atoms with Gasteiger partial charge in [-0.3, -0.25) is 14.7 Å². The van der Waals surface area contributed by atoms with Gasteiger partial charge in [-0.2, -0.15) is 0 Å². The van der Waals surface area contributed by atoms with Crippen molar-refractivity contribution in [2.45, 2.75) is 59.3 Å². The maximum atomic E-state index is 13.7. The Morgan fingerprint density at radius 2 is 1.70 bits per heavy atom. The molecule has 0 aromatic heterocycles. The van der Waals surface area contributed by atoms with Crippen LogP contribution in [0.15, 0.2) is 76.3 Å². The molecule has 0 aliphatic rings. The molecule has 5 nitrogen and oxygen atoms in total. The summed E-state index contributed by atoms with van der Waals surface area (Å²) >= 11 is 3.57. The molecule has 3 atom stereocenters. The van der Waals surface area contributed by atoms with Gasteiger partial charge in [0.15, 0.2) is 5.78 Å². The van der Waals surface area contributed by atoms with Crippen LogP contribution in [0.3, 0.4) is 0 Å². The van der Waals surface area contributed by atoms with Crippen molar-refractivity contribution in [3.8, 4) is 0 Å². The predicted octanol–water partition coefficient (Wildman–Crippen LogP) is 7.05. The quantitative estimate of drug-likeness (QED) is 0.160. The summed E-state index contributed by atoms with van der Waals surface area (Å²) in [6.07, 6.45) is 6.87. The van der Waals surface area contributed by atoms with Crippen LogP contribution in [0.4, 0.5) is 0 Å². The van der Waals surface area contributed by atoms with Crippen LogP contribution in [0.2, 0.25) is 0 Å². The molecule has 2 aromatic carbocycles. The Hall–Kier alpha value is -2.12. The number of rotatable bonds is 16. The molecule has 0 fully saturated rings. The first-order chi connectivity index (χ1) is 17.7. The Kier molecular flexibility index (Phi) is 14.0. The Morgan fingerprint density at radius 3 is 2.32 bits per heavy atom. The molecule has 0 spiro atoms. The van der Waals surface area contributed by atoms with Gasteiger partial charge in [-0.05, 0) is 65.4 Å². The van der Waals surface area contributed by atoms with Gasteiger partial charge in [0.2, 0.25) is 0 Å². The molecule has 0 aliphatic carbocycles. The highest BCUT2D eigenvalue weighted by atomic mass is 79.9. The molecule has 0 N–H and O–H groups in total. The summed E-state index contributed by atoms with van der Waals surface area (Å²) < 4.78 is 7.18. The first-order valence-corrected chi connectivity index (χ1v) is 14.1. The van der Waals surface area contributed by atoms with Crippen molar-refractivity contribution < 1.29 is 9.53 Å². The van der Waals surface area contributed by atoms with E-state index in [0.29, 0.717) is 0 Å². The molecule has 3 unspecified atom stereocenters. The summed E-state index contributed by atoms with van der Waals surface area (Å²) in [5.41, 5.74) is 1.90. The van der Waals surface area contributed by atoms with Gasteiger partial charge in [-0.1, -0.05) is 71.4 Å². The number of benzene rings is 2. The predicted molar refractivity (Wildman–Crippen MR) is 159 cm³/mol. The number of ether oxygens (including phenoxy) is 1. The second kappa shape index (κ2) is 16.7. The van der Waals surface area contributed by atoms with E-state index in [0.717, 1.165) is 48.2 Å². The topological polar surface area (TPSA) is 45.1 Å². The molecule has 0 amide bonds. The van der Waals surface area contributed by atoms with E-state index in [4.69, 9.17) is 4.74 Å². The number of halogens is 1. The van der Waals surface area contributed by atoms with Gasteiger partial charge in [-0.25, -0.2) is 0 Å². The third-order valence-electron chi connectivity index (χ3n) is 6.29. The van der Waals surface area contributed by atoms with E-state index in [1.165, 1.54) is 0 Å². The Labute approximate surface area is 232 Å². The lowest BCUT2D eigenvalue weighted by molar-refractivity contribution is -0.0143. The number of Topliss-reactive ketones (excluding diaryl/α,β-unsaturated/α-hetero) is 1. The smallest absolute Gasteiger partial charge is 0.167 e. The second-order valence-electron chi connectivity index (χ2n) is 9.91. The molecule has 2 aromatic rings. The molecule has 2 rings (SSSR count). The Bertz CT molecular complexity index is 976. The first kappa shape index (κ1) is 31.1. The molecule has 0 saturated carbocycles. The SMILES string of the molecule is CC=N/C=C\CN(C)CCCN(CC(C)OC(C)C)C(c1ccc(Br)cc1)C(C)C(=O)c1ccccc1. The summed E-state index contributed by atoms with van der Waals surface area (Å²) in [7, 11) is 2.13.